The monoisotopic (exact) mass is 301 g/mol. The first-order chi connectivity index (χ1) is 10.2. The summed E-state index contributed by atoms with van der Waals surface area (Å²) >= 11 is 1.78. The van der Waals surface area contributed by atoms with Gasteiger partial charge in [-0.05, 0) is 30.7 Å². The SMILES string of the molecule is CCc1ccc(CN2CCN(c3ccccc3N)C2=O)s1. The molecule has 2 N–H and O–H groups in total. The molecule has 5 heteroatoms. The molecule has 0 radical (unpaired) electrons. The average molecular weight is 301 g/mol. The smallest absolute Gasteiger partial charge is 0.325 e. The lowest BCUT2D eigenvalue weighted by molar-refractivity contribution is 0.219. The Labute approximate surface area is 128 Å². The maximum Gasteiger partial charge on any atom is 0.325 e. The molecular weight excluding hydrogens is 282 g/mol. The zero-order chi connectivity index (χ0) is 14.8. The van der Waals surface area contributed by atoms with Crippen LogP contribution in [0.4, 0.5) is 16.2 Å². The van der Waals surface area contributed by atoms with Crippen molar-refractivity contribution in [2.24, 2.45) is 0 Å². The average Bonchev–Trinajstić information content (AvgIpc) is 3.08. The number of nitrogens with zero attached hydrogens (tertiary/aromatic N) is 2. The molecule has 2 amide bonds. The van der Waals surface area contributed by atoms with Crippen LogP contribution in [0, 0.1) is 0 Å². The van der Waals surface area contributed by atoms with Gasteiger partial charge in [-0.25, -0.2) is 4.79 Å². The lowest BCUT2D eigenvalue weighted by Gasteiger charge is -2.19. The van der Waals surface area contributed by atoms with E-state index in [1.807, 2.05) is 29.2 Å². The fraction of sp³-hybridized carbons (Fsp3) is 0.312. The van der Waals surface area contributed by atoms with Gasteiger partial charge in [0.15, 0.2) is 0 Å². The molecule has 110 valence electrons. The van der Waals surface area contributed by atoms with Crippen LogP contribution in [-0.4, -0.2) is 24.0 Å². The molecule has 2 aromatic rings. The number of urea groups is 1. The number of anilines is 2. The lowest BCUT2D eigenvalue weighted by atomic mass is 10.2. The van der Waals surface area contributed by atoms with Gasteiger partial charge in [0.05, 0.1) is 17.9 Å². The second-order valence-corrected chi connectivity index (χ2v) is 6.39. The minimum Gasteiger partial charge on any atom is -0.397 e. The number of hydrogen-bond donors (Lipinski definition) is 1. The second kappa shape index (κ2) is 5.77. The fourth-order valence-corrected chi connectivity index (χ4v) is 3.55. The van der Waals surface area contributed by atoms with Crippen LogP contribution < -0.4 is 10.6 Å². The van der Waals surface area contributed by atoms with E-state index >= 15 is 0 Å². The Morgan fingerprint density at radius 3 is 2.62 bits per heavy atom. The summed E-state index contributed by atoms with van der Waals surface area (Å²) in [5.41, 5.74) is 7.43. The van der Waals surface area contributed by atoms with Crippen LogP contribution in [0.5, 0.6) is 0 Å². The Morgan fingerprint density at radius 1 is 1.14 bits per heavy atom. The molecule has 1 aromatic carbocycles. The highest BCUT2D eigenvalue weighted by Gasteiger charge is 2.30. The van der Waals surface area contributed by atoms with E-state index < -0.39 is 0 Å². The van der Waals surface area contributed by atoms with Crippen molar-refractivity contribution in [3.63, 3.8) is 0 Å². The maximum atomic E-state index is 12.5. The van der Waals surface area contributed by atoms with Crippen LogP contribution in [0.25, 0.3) is 0 Å². The highest BCUT2D eigenvalue weighted by molar-refractivity contribution is 7.11. The van der Waals surface area contributed by atoms with Crippen LogP contribution in [0.3, 0.4) is 0 Å². The highest BCUT2D eigenvalue weighted by atomic mass is 32.1. The number of para-hydroxylation sites is 2. The molecule has 4 nitrogen and oxygen atoms in total. The molecule has 21 heavy (non-hydrogen) atoms. The second-order valence-electron chi connectivity index (χ2n) is 5.14. The number of nitrogen functional groups attached to an aromatic ring is 1. The minimum atomic E-state index is 0.0411. The summed E-state index contributed by atoms with van der Waals surface area (Å²) in [5, 5.41) is 0. The summed E-state index contributed by atoms with van der Waals surface area (Å²) in [6.07, 6.45) is 1.05. The van der Waals surface area contributed by atoms with Gasteiger partial charge >= 0.3 is 6.03 Å². The fourth-order valence-electron chi connectivity index (χ4n) is 2.57. The van der Waals surface area contributed by atoms with Crippen molar-refractivity contribution in [1.82, 2.24) is 4.90 Å². The Kier molecular flexibility index (Phi) is 3.84. The number of carbonyl (C=O) groups is 1. The van der Waals surface area contributed by atoms with Gasteiger partial charge in [-0.1, -0.05) is 19.1 Å². The summed E-state index contributed by atoms with van der Waals surface area (Å²) in [4.78, 5) is 18.8. The van der Waals surface area contributed by atoms with E-state index in [0.29, 0.717) is 18.8 Å². The predicted molar refractivity (Wildman–Crippen MR) is 87.7 cm³/mol. The highest BCUT2D eigenvalue weighted by Crippen LogP contribution is 2.28. The van der Waals surface area contributed by atoms with Crippen molar-refractivity contribution >= 4 is 28.7 Å². The minimum absolute atomic E-state index is 0.0411. The summed E-state index contributed by atoms with van der Waals surface area (Å²) in [7, 11) is 0. The first-order valence-electron chi connectivity index (χ1n) is 7.17. The number of amides is 2. The molecule has 0 saturated carbocycles. The normalized spacial score (nSPS) is 15.0. The molecule has 1 aliphatic rings. The zero-order valence-electron chi connectivity index (χ0n) is 12.1. The summed E-state index contributed by atoms with van der Waals surface area (Å²) in [6, 6.07) is 11.8. The van der Waals surface area contributed by atoms with Crippen molar-refractivity contribution < 1.29 is 4.79 Å². The Balaban J connectivity index is 1.73. The Hall–Kier alpha value is -2.01. The molecule has 0 unspecified atom stereocenters. The number of rotatable bonds is 4. The summed E-state index contributed by atoms with van der Waals surface area (Å²) in [5.74, 6) is 0. The van der Waals surface area contributed by atoms with Crippen molar-refractivity contribution in [3.8, 4) is 0 Å². The predicted octanol–water partition coefficient (Wildman–Crippen LogP) is 3.33. The lowest BCUT2D eigenvalue weighted by Crippen LogP contribution is -2.31. The molecule has 0 spiro atoms. The molecule has 1 saturated heterocycles. The van der Waals surface area contributed by atoms with Gasteiger partial charge < -0.3 is 10.6 Å². The van der Waals surface area contributed by atoms with Gasteiger partial charge in [0.1, 0.15) is 0 Å². The number of nitrogens with two attached hydrogens (primary N) is 1. The van der Waals surface area contributed by atoms with E-state index in [-0.39, 0.29) is 6.03 Å². The molecule has 0 aliphatic carbocycles. The van der Waals surface area contributed by atoms with Gasteiger partial charge in [0.2, 0.25) is 0 Å². The third kappa shape index (κ3) is 2.74. The third-order valence-corrected chi connectivity index (χ3v) is 4.95. The summed E-state index contributed by atoms with van der Waals surface area (Å²) < 4.78 is 0. The van der Waals surface area contributed by atoms with Crippen molar-refractivity contribution in [3.05, 3.63) is 46.2 Å². The summed E-state index contributed by atoms with van der Waals surface area (Å²) in [6.45, 7) is 4.27. The van der Waals surface area contributed by atoms with Gasteiger partial charge in [-0.3, -0.25) is 4.90 Å². The topological polar surface area (TPSA) is 49.6 Å². The van der Waals surface area contributed by atoms with E-state index in [1.165, 1.54) is 9.75 Å². The van der Waals surface area contributed by atoms with E-state index in [1.54, 1.807) is 16.2 Å². The van der Waals surface area contributed by atoms with Crippen LogP contribution in [-0.2, 0) is 13.0 Å². The van der Waals surface area contributed by atoms with Crippen molar-refractivity contribution in [1.29, 1.82) is 0 Å². The molecule has 0 atom stereocenters. The quantitative estimate of drug-likeness (QED) is 0.881. The van der Waals surface area contributed by atoms with Crippen molar-refractivity contribution in [2.45, 2.75) is 19.9 Å². The van der Waals surface area contributed by atoms with Gasteiger partial charge in [0.25, 0.3) is 0 Å². The molecule has 3 rings (SSSR count). The number of aryl methyl sites for hydroxylation is 1. The number of benzene rings is 1. The van der Waals surface area contributed by atoms with Crippen LogP contribution in [0.2, 0.25) is 0 Å². The Bertz CT molecular complexity index is 652. The van der Waals surface area contributed by atoms with E-state index in [0.717, 1.165) is 18.7 Å². The van der Waals surface area contributed by atoms with Crippen LogP contribution in [0.15, 0.2) is 36.4 Å². The molecule has 2 heterocycles. The van der Waals surface area contributed by atoms with Gasteiger partial charge in [0, 0.05) is 22.8 Å². The third-order valence-electron chi connectivity index (χ3n) is 3.73. The molecule has 0 bridgehead atoms. The first kappa shape index (κ1) is 13.9. The number of hydrogen-bond acceptors (Lipinski definition) is 3. The van der Waals surface area contributed by atoms with Crippen LogP contribution >= 0.6 is 11.3 Å². The van der Waals surface area contributed by atoms with Gasteiger partial charge in [-0.15, -0.1) is 11.3 Å². The Morgan fingerprint density at radius 2 is 1.90 bits per heavy atom. The van der Waals surface area contributed by atoms with Crippen molar-refractivity contribution in [2.75, 3.05) is 23.7 Å². The maximum absolute atomic E-state index is 12.5. The number of carbonyl (C=O) groups excluding carboxylic acids is 1. The molecular formula is C16H19N3OS. The molecule has 1 aromatic heterocycles. The molecule has 1 aliphatic heterocycles. The van der Waals surface area contributed by atoms with E-state index in [9.17, 15) is 4.79 Å². The van der Waals surface area contributed by atoms with Crippen LogP contribution in [0.1, 0.15) is 16.7 Å². The zero-order valence-corrected chi connectivity index (χ0v) is 12.9. The number of thiophene rings is 1. The molecule has 1 fully saturated rings. The first-order valence-corrected chi connectivity index (χ1v) is 7.99. The largest absolute Gasteiger partial charge is 0.397 e. The van der Waals surface area contributed by atoms with E-state index in [2.05, 4.69) is 19.1 Å². The van der Waals surface area contributed by atoms with Gasteiger partial charge in [-0.2, -0.15) is 0 Å². The standard InChI is InChI=1S/C16H19N3OS/c1-2-12-7-8-13(21-12)11-18-9-10-19(16(18)20)15-6-4-3-5-14(15)17/h3-8H,2,9-11,17H2,1H3. The van der Waals surface area contributed by atoms with E-state index in [4.69, 9.17) is 5.73 Å².